The molecule has 3 aromatic rings. The van der Waals surface area contributed by atoms with Crippen molar-refractivity contribution in [2.45, 2.75) is 6.92 Å². The molecule has 1 aliphatic heterocycles. The van der Waals surface area contributed by atoms with Crippen molar-refractivity contribution >= 4 is 27.5 Å². The maximum absolute atomic E-state index is 12.7. The number of thiazole rings is 1. The smallest absolute Gasteiger partial charge is 0.274 e. The third kappa shape index (κ3) is 3.25. The number of carbonyl (C=O) groups excluding carboxylic acids is 1. The summed E-state index contributed by atoms with van der Waals surface area (Å²) >= 11 is 1.67. The fourth-order valence-corrected chi connectivity index (χ4v) is 3.79. The Hall–Kier alpha value is -2.38. The molecule has 3 heterocycles. The van der Waals surface area contributed by atoms with Gasteiger partial charge in [0.05, 0.1) is 33.3 Å². The average molecular weight is 353 g/mol. The lowest BCUT2D eigenvalue weighted by Crippen LogP contribution is -2.47. The molecule has 25 heavy (non-hydrogen) atoms. The van der Waals surface area contributed by atoms with Crippen LogP contribution in [0.1, 0.15) is 15.5 Å². The third-order valence-electron chi connectivity index (χ3n) is 4.43. The summed E-state index contributed by atoms with van der Waals surface area (Å²) < 4.78 is 1.15. The standard InChI is InChI=1S/C18H19N5OS/c1-12-20-14-9-13(3-4-17(14)25-12)15-10-19-11-16(21-15)18(24)23-7-5-22(2)6-8-23/h3-4,9-11H,5-8H2,1-2H3. The molecule has 0 aliphatic carbocycles. The minimum Gasteiger partial charge on any atom is -0.335 e. The predicted molar refractivity (Wildman–Crippen MR) is 98.8 cm³/mol. The van der Waals surface area contributed by atoms with Gasteiger partial charge in [-0.05, 0) is 26.1 Å². The molecule has 7 heteroatoms. The molecule has 1 aromatic carbocycles. The normalized spacial score (nSPS) is 15.7. The van der Waals surface area contributed by atoms with E-state index in [0.29, 0.717) is 11.4 Å². The summed E-state index contributed by atoms with van der Waals surface area (Å²) in [6.07, 6.45) is 3.25. The van der Waals surface area contributed by atoms with Gasteiger partial charge in [0.1, 0.15) is 5.69 Å². The quantitative estimate of drug-likeness (QED) is 0.708. The van der Waals surface area contributed by atoms with Crippen LogP contribution in [0, 0.1) is 6.92 Å². The fraction of sp³-hybridized carbons (Fsp3) is 0.333. The van der Waals surface area contributed by atoms with Crippen molar-refractivity contribution in [1.29, 1.82) is 0 Å². The Morgan fingerprint density at radius 2 is 1.92 bits per heavy atom. The number of aromatic nitrogens is 3. The second-order valence-corrected chi connectivity index (χ2v) is 7.54. The van der Waals surface area contributed by atoms with Crippen molar-refractivity contribution in [3.05, 3.63) is 41.3 Å². The Morgan fingerprint density at radius 1 is 1.12 bits per heavy atom. The number of rotatable bonds is 2. The molecule has 1 saturated heterocycles. The van der Waals surface area contributed by atoms with Gasteiger partial charge >= 0.3 is 0 Å². The third-order valence-corrected chi connectivity index (χ3v) is 5.39. The lowest BCUT2D eigenvalue weighted by atomic mass is 10.1. The zero-order chi connectivity index (χ0) is 17.4. The summed E-state index contributed by atoms with van der Waals surface area (Å²) in [5.41, 5.74) is 2.99. The number of nitrogens with zero attached hydrogens (tertiary/aromatic N) is 5. The molecule has 4 rings (SSSR count). The molecule has 1 fully saturated rings. The summed E-state index contributed by atoms with van der Waals surface area (Å²) in [6.45, 7) is 5.23. The second-order valence-electron chi connectivity index (χ2n) is 6.30. The Bertz CT molecular complexity index is 930. The van der Waals surface area contributed by atoms with E-state index in [2.05, 4.69) is 26.9 Å². The van der Waals surface area contributed by atoms with E-state index in [1.807, 2.05) is 30.0 Å². The summed E-state index contributed by atoms with van der Waals surface area (Å²) in [5, 5.41) is 1.04. The van der Waals surface area contributed by atoms with Gasteiger partial charge < -0.3 is 9.80 Å². The average Bonchev–Trinajstić information content (AvgIpc) is 3.01. The summed E-state index contributed by atoms with van der Waals surface area (Å²) in [5.74, 6) is -0.0481. The summed E-state index contributed by atoms with van der Waals surface area (Å²) in [4.78, 5) is 30.1. The number of likely N-dealkylation sites (N-methyl/N-ethyl adjacent to an activating group) is 1. The highest BCUT2D eigenvalue weighted by Gasteiger charge is 2.22. The van der Waals surface area contributed by atoms with Crippen LogP contribution in [0.5, 0.6) is 0 Å². The number of carbonyl (C=O) groups is 1. The van der Waals surface area contributed by atoms with Gasteiger partial charge in [0.2, 0.25) is 0 Å². The molecule has 0 N–H and O–H groups in total. The zero-order valence-corrected chi connectivity index (χ0v) is 15.1. The van der Waals surface area contributed by atoms with E-state index in [-0.39, 0.29) is 5.91 Å². The highest BCUT2D eigenvalue weighted by atomic mass is 32.1. The fourth-order valence-electron chi connectivity index (χ4n) is 2.98. The van der Waals surface area contributed by atoms with Crippen molar-refractivity contribution in [2.24, 2.45) is 0 Å². The molecule has 0 bridgehead atoms. The predicted octanol–water partition coefficient (Wildman–Crippen LogP) is 2.45. The van der Waals surface area contributed by atoms with Crippen molar-refractivity contribution < 1.29 is 4.79 Å². The van der Waals surface area contributed by atoms with E-state index in [0.717, 1.165) is 47.0 Å². The molecule has 0 unspecified atom stereocenters. The van der Waals surface area contributed by atoms with Gasteiger partial charge in [-0.15, -0.1) is 11.3 Å². The van der Waals surface area contributed by atoms with Crippen molar-refractivity contribution in [2.75, 3.05) is 33.2 Å². The molecule has 0 radical (unpaired) electrons. The molecule has 1 aliphatic rings. The lowest BCUT2D eigenvalue weighted by Gasteiger charge is -2.32. The van der Waals surface area contributed by atoms with Crippen molar-refractivity contribution in [3.8, 4) is 11.3 Å². The van der Waals surface area contributed by atoms with Crippen LogP contribution in [0.25, 0.3) is 21.5 Å². The molecule has 128 valence electrons. The topological polar surface area (TPSA) is 62.2 Å². The van der Waals surface area contributed by atoms with Crippen LogP contribution in [0.2, 0.25) is 0 Å². The van der Waals surface area contributed by atoms with Crippen LogP contribution < -0.4 is 0 Å². The summed E-state index contributed by atoms with van der Waals surface area (Å²) in [7, 11) is 2.07. The number of hydrogen-bond acceptors (Lipinski definition) is 6. The Morgan fingerprint density at radius 3 is 2.72 bits per heavy atom. The molecule has 0 saturated carbocycles. The van der Waals surface area contributed by atoms with Crippen LogP contribution in [-0.4, -0.2) is 63.9 Å². The minimum atomic E-state index is -0.0481. The first-order valence-corrected chi connectivity index (χ1v) is 9.09. The molecule has 2 aromatic heterocycles. The first-order valence-electron chi connectivity index (χ1n) is 8.27. The van der Waals surface area contributed by atoms with E-state index in [1.54, 1.807) is 23.7 Å². The molecule has 0 spiro atoms. The second kappa shape index (κ2) is 6.50. The number of piperazine rings is 1. The molecule has 0 atom stereocenters. The van der Waals surface area contributed by atoms with Gasteiger partial charge in [-0.2, -0.15) is 0 Å². The van der Waals surface area contributed by atoms with Crippen LogP contribution in [0.4, 0.5) is 0 Å². The SMILES string of the molecule is Cc1nc2cc(-c3cncc(C(=O)N4CCN(C)CC4)n3)ccc2s1. The number of hydrogen-bond donors (Lipinski definition) is 0. The Kier molecular flexibility index (Phi) is 4.19. The van der Waals surface area contributed by atoms with Gasteiger partial charge in [-0.3, -0.25) is 9.78 Å². The number of fused-ring (bicyclic) bond motifs is 1. The van der Waals surface area contributed by atoms with Crippen LogP contribution in [-0.2, 0) is 0 Å². The highest BCUT2D eigenvalue weighted by Crippen LogP contribution is 2.26. The minimum absolute atomic E-state index is 0.0481. The molecular formula is C18H19N5OS. The van der Waals surface area contributed by atoms with Crippen LogP contribution >= 0.6 is 11.3 Å². The van der Waals surface area contributed by atoms with E-state index in [4.69, 9.17) is 0 Å². The maximum atomic E-state index is 12.7. The number of amides is 1. The van der Waals surface area contributed by atoms with Crippen LogP contribution in [0.3, 0.4) is 0 Å². The van der Waals surface area contributed by atoms with Crippen molar-refractivity contribution in [1.82, 2.24) is 24.8 Å². The Labute approximate surface area is 150 Å². The van der Waals surface area contributed by atoms with E-state index in [1.165, 1.54) is 0 Å². The molecule has 6 nitrogen and oxygen atoms in total. The lowest BCUT2D eigenvalue weighted by molar-refractivity contribution is 0.0658. The molecule has 1 amide bonds. The van der Waals surface area contributed by atoms with Gasteiger partial charge in [-0.25, -0.2) is 9.97 Å². The van der Waals surface area contributed by atoms with Crippen molar-refractivity contribution in [3.63, 3.8) is 0 Å². The highest BCUT2D eigenvalue weighted by molar-refractivity contribution is 7.18. The maximum Gasteiger partial charge on any atom is 0.274 e. The first-order chi connectivity index (χ1) is 12.1. The van der Waals surface area contributed by atoms with Gasteiger partial charge in [0, 0.05) is 31.7 Å². The van der Waals surface area contributed by atoms with Gasteiger partial charge in [0.25, 0.3) is 5.91 Å². The first kappa shape index (κ1) is 16.1. The van der Waals surface area contributed by atoms with E-state index < -0.39 is 0 Å². The van der Waals surface area contributed by atoms with Gasteiger partial charge in [-0.1, -0.05) is 6.07 Å². The van der Waals surface area contributed by atoms with Gasteiger partial charge in [0.15, 0.2) is 0 Å². The number of aryl methyl sites for hydroxylation is 1. The zero-order valence-electron chi connectivity index (χ0n) is 14.3. The molecular weight excluding hydrogens is 334 g/mol. The summed E-state index contributed by atoms with van der Waals surface area (Å²) in [6, 6.07) is 6.06. The largest absolute Gasteiger partial charge is 0.335 e. The Balaban J connectivity index is 1.62. The van der Waals surface area contributed by atoms with E-state index in [9.17, 15) is 4.79 Å². The van der Waals surface area contributed by atoms with E-state index >= 15 is 0 Å². The monoisotopic (exact) mass is 353 g/mol. The van der Waals surface area contributed by atoms with Crippen LogP contribution in [0.15, 0.2) is 30.6 Å². The number of benzene rings is 1.